The minimum absolute atomic E-state index is 0.100. The molecule has 4 rings (SSSR count). The zero-order chi connectivity index (χ0) is 28.3. The Morgan fingerprint density at radius 3 is 2.64 bits per heavy atom. The van der Waals surface area contributed by atoms with Crippen molar-refractivity contribution in [3.63, 3.8) is 0 Å². The van der Waals surface area contributed by atoms with Gasteiger partial charge in [0.2, 0.25) is 5.91 Å². The number of nitrogens with zero attached hydrogens (tertiary/aromatic N) is 3. The number of H-pyrrole nitrogens is 1. The largest absolute Gasteiger partial charge is 0.451 e. The maximum atomic E-state index is 13.5. The number of aromatic nitrogens is 2. The Morgan fingerprint density at radius 1 is 1.18 bits per heavy atom. The van der Waals surface area contributed by atoms with Crippen molar-refractivity contribution < 1.29 is 14.3 Å². The number of carbonyl (C=O) groups excluding carboxylic acids is 2. The molecular formula is C29H30ClN5O4. The molecule has 0 saturated carbocycles. The van der Waals surface area contributed by atoms with Gasteiger partial charge in [0, 0.05) is 16.7 Å². The first kappa shape index (κ1) is 27.9. The Balaban J connectivity index is 1.49. The number of likely N-dealkylation sites (tertiary alicyclic amines) is 1. The SMILES string of the molecule is Cc1cc(Oc2ccc(C(=O)NCC(=O)N3C(c4cccc(Cl)c4)CCC3C(C)(C)C#N)cc2C)c(=O)[nH]n1. The molecule has 2 N–H and O–H groups in total. The number of halogens is 1. The molecular weight excluding hydrogens is 518 g/mol. The first-order valence-corrected chi connectivity index (χ1v) is 13.0. The molecule has 1 aliphatic rings. The van der Waals surface area contributed by atoms with Gasteiger partial charge < -0.3 is 15.0 Å². The number of rotatable bonds is 7. The van der Waals surface area contributed by atoms with E-state index in [9.17, 15) is 19.6 Å². The van der Waals surface area contributed by atoms with Crippen molar-refractivity contribution in [3.8, 4) is 17.6 Å². The summed E-state index contributed by atoms with van der Waals surface area (Å²) in [7, 11) is 0. The van der Waals surface area contributed by atoms with Gasteiger partial charge in [-0.2, -0.15) is 10.4 Å². The molecule has 1 fully saturated rings. The van der Waals surface area contributed by atoms with E-state index in [1.165, 1.54) is 6.07 Å². The van der Waals surface area contributed by atoms with Crippen LogP contribution in [0.5, 0.6) is 11.5 Å². The van der Waals surface area contributed by atoms with E-state index >= 15 is 0 Å². The van der Waals surface area contributed by atoms with Gasteiger partial charge in [-0.1, -0.05) is 23.7 Å². The van der Waals surface area contributed by atoms with Crippen LogP contribution in [0.3, 0.4) is 0 Å². The van der Waals surface area contributed by atoms with Crippen LogP contribution in [0.25, 0.3) is 0 Å². The molecule has 202 valence electrons. The molecule has 9 nitrogen and oxygen atoms in total. The lowest BCUT2D eigenvalue weighted by molar-refractivity contribution is -0.134. The molecule has 0 radical (unpaired) electrons. The van der Waals surface area contributed by atoms with Gasteiger partial charge in [0.25, 0.3) is 5.91 Å². The summed E-state index contributed by atoms with van der Waals surface area (Å²) in [5, 5.41) is 19.3. The summed E-state index contributed by atoms with van der Waals surface area (Å²) in [6.07, 6.45) is 1.36. The van der Waals surface area contributed by atoms with Crippen LogP contribution in [-0.2, 0) is 4.79 Å². The van der Waals surface area contributed by atoms with Crippen LogP contribution < -0.4 is 15.6 Å². The van der Waals surface area contributed by atoms with Gasteiger partial charge in [-0.05, 0) is 82.0 Å². The molecule has 1 aliphatic heterocycles. The lowest BCUT2D eigenvalue weighted by Crippen LogP contribution is -2.48. The van der Waals surface area contributed by atoms with E-state index in [4.69, 9.17) is 16.3 Å². The number of carbonyl (C=O) groups is 2. The van der Waals surface area contributed by atoms with Gasteiger partial charge in [0.15, 0.2) is 5.75 Å². The lowest BCUT2D eigenvalue weighted by atomic mass is 9.84. The van der Waals surface area contributed by atoms with Gasteiger partial charge >= 0.3 is 5.56 Å². The Bertz CT molecular complexity index is 1510. The zero-order valence-electron chi connectivity index (χ0n) is 22.2. The summed E-state index contributed by atoms with van der Waals surface area (Å²) in [4.78, 5) is 40.2. The van der Waals surface area contributed by atoms with Crippen LogP contribution in [0.2, 0.25) is 5.02 Å². The van der Waals surface area contributed by atoms with Gasteiger partial charge in [0.1, 0.15) is 5.75 Å². The van der Waals surface area contributed by atoms with E-state index in [0.717, 1.165) is 5.56 Å². The summed E-state index contributed by atoms with van der Waals surface area (Å²) in [5.74, 6) is -0.182. The smallest absolute Gasteiger partial charge is 0.307 e. The summed E-state index contributed by atoms with van der Waals surface area (Å²) in [6.45, 7) is 6.91. The maximum Gasteiger partial charge on any atom is 0.307 e. The molecule has 0 bridgehead atoms. The Morgan fingerprint density at radius 2 is 1.95 bits per heavy atom. The molecule has 0 spiro atoms. The first-order chi connectivity index (χ1) is 18.5. The van der Waals surface area contributed by atoms with Crippen molar-refractivity contribution in [1.29, 1.82) is 5.26 Å². The fourth-order valence-corrected chi connectivity index (χ4v) is 5.11. The summed E-state index contributed by atoms with van der Waals surface area (Å²) in [5.41, 5.74) is 1.24. The number of amides is 2. The number of ether oxygens (including phenoxy) is 1. The van der Waals surface area contributed by atoms with E-state index in [1.807, 2.05) is 32.0 Å². The third kappa shape index (κ3) is 6.13. The monoisotopic (exact) mass is 547 g/mol. The Labute approximate surface area is 231 Å². The average Bonchev–Trinajstić information content (AvgIpc) is 3.37. The quantitative estimate of drug-likeness (QED) is 0.435. The number of nitriles is 1. The molecule has 39 heavy (non-hydrogen) atoms. The predicted molar refractivity (Wildman–Crippen MR) is 147 cm³/mol. The molecule has 2 atom stereocenters. The highest BCUT2D eigenvalue weighted by Crippen LogP contribution is 2.43. The first-order valence-electron chi connectivity index (χ1n) is 12.6. The summed E-state index contributed by atoms with van der Waals surface area (Å²) in [6, 6.07) is 15.5. The van der Waals surface area contributed by atoms with E-state index < -0.39 is 16.9 Å². The van der Waals surface area contributed by atoms with Crippen LogP contribution in [0.4, 0.5) is 0 Å². The number of nitrogens with one attached hydrogen (secondary N) is 2. The molecule has 1 aromatic heterocycles. The van der Waals surface area contributed by atoms with Crippen LogP contribution >= 0.6 is 11.6 Å². The summed E-state index contributed by atoms with van der Waals surface area (Å²) >= 11 is 6.22. The van der Waals surface area contributed by atoms with Crippen molar-refractivity contribution in [2.75, 3.05) is 6.54 Å². The molecule has 10 heteroatoms. The third-order valence-electron chi connectivity index (χ3n) is 6.98. The molecule has 2 unspecified atom stereocenters. The fraction of sp³-hybridized carbons (Fsp3) is 0.345. The number of aryl methyl sites for hydroxylation is 2. The maximum absolute atomic E-state index is 13.5. The number of hydrogen-bond donors (Lipinski definition) is 2. The van der Waals surface area contributed by atoms with Crippen molar-refractivity contribution >= 4 is 23.4 Å². The van der Waals surface area contributed by atoms with Crippen LogP contribution in [0.1, 0.15) is 59.9 Å². The highest BCUT2D eigenvalue weighted by Gasteiger charge is 2.45. The molecule has 2 heterocycles. The second kappa shape index (κ2) is 11.3. The van der Waals surface area contributed by atoms with Gasteiger partial charge in [-0.3, -0.25) is 14.4 Å². The third-order valence-corrected chi connectivity index (χ3v) is 7.22. The minimum atomic E-state index is -0.769. The molecule has 0 aliphatic carbocycles. The number of hydrogen-bond acceptors (Lipinski definition) is 6. The van der Waals surface area contributed by atoms with Crippen molar-refractivity contribution in [2.24, 2.45) is 5.41 Å². The van der Waals surface area contributed by atoms with E-state index in [1.54, 1.807) is 43.0 Å². The van der Waals surface area contributed by atoms with E-state index in [-0.39, 0.29) is 30.3 Å². The van der Waals surface area contributed by atoms with Crippen LogP contribution in [0, 0.1) is 30.6 Å². The second-order valence-corrected chi connectivity index (χ2v) is 10.7. The average molecular weight is 548 g/mol. The van der Waals surface area contributed by atoms with Crippen LogP contribution in [-0.4, -0.2) is 39.5 Å². The summed E-state index contributed by atoms with van der Waals surface area (Å²) < 4.78 is 5.73. The van der Waals surface area contributed by atoms with Crippen molar-refractivity contribution in [2.45, 2.75) is 52.6 Å². The number of aromatic amines is 1. The molecule has 2 amide bonds. The second-order valence-electron chi connectivity index (χ2n) is 10.3. The highest BCUT2D eigenvalue weighted by molar-refractivity contribution is 6.30. The number of benzene rings is 2. The minimum Gasteiger partial charge on any atom is -0.451 e. The zero-order valence-corrected chi connectivity index (χ0v) is 23.0. The predicted octanol–water partition coefficient (Wildman–Crippen LogP) is 4.84. The van der Waals surface area contributed by atoms with Gasteiger partial charge in [0.05, 0.1) is 35.8 Å². The molecule has 3 aromatic rings. The molecule has 2 aromatic carbocycles. The Kier molecular flexibility index (Phi) is 8.07. The van der Waals surface area contributed by atoms with E-state index in [2.05, 4.69) is 21.6 Å². The van der Waals surface area contributed by atoms with Gasteiger partial charge in [-0.25, -0.2) is 5.10 Å². The van der Waals surface area contributed by atoms with Gasteiger partial charge in [-0.15, -0.1) is 0 Å². The lowest BCUT2D eigenvalue weighted by Gasteiger charge is -2.36. The fourth-order valence-electron chi connectivity index (χ4n) is 4.91. The standard InChI is InChI=1S/C29H30ClN5O4/c1-17-12-20(8-10-23(17)39-24-13-18(2)33-34-28(24)38)27(37)32-15-26(36)35-22(19-6-5-7-21(30)14-19)9-11-25(35)29(3,4)16-31/h5-8,10,12-14,22,25H,9,11,15H2,1-4H3,(H,32,37)(H,34,38). The molecule has 1 saturated heterocycles. The normalized spacial score (nSPS) is 17.0. The van der Waals surface area contributed by atoms with Crippen LogP contribution in [0.15, 0.2) is 53.3 Å². The van der Waals surface area contributed by atoms with Crippen molar-refractivity contribution in [1.82, 2.24) is 20.4 Å². The highest BCUT2D eigenvalue weighted by atomic mass is 35.5. The van der Waals surface area contributed by atoms with E-state index in [0.29, 0.717) is 40.4 Å². The Hall–Kier alpha value is -4.16. The topological polar surface area (TPSA) is 128 Å². The van der Waals surface area contributed by atoms with Crippen molar-refractivity contribution in [3.05, 3.63) is 86.3 Å².